The molecule has 2 N–H and O–H groups in total. The fourth-order valence-electron chi connectivity index (χ4n) is 1.62. The van der Waals surface area contributed by atoms with Crippen LogP contribution in [0.15, 0.2) is 29.3 Å². The van der Waals surface area contributed by atoms with Crippen molar-refractivity contribution in [2.75, 3.05) is 13.6 Å². The van der Waals surface area contributed by atoms with E-state index in [1.807, 2.05) is 6.92 Å². The van der Waals surface area contributed by atoms with Gasteiger partial charge in [0.05, 0.1) is 6.54 Å². The standard InChI is InChI=1S/C16H26FN3O/c1-11(2)13(4)20-16(18-5)19-10-12(3)21-15-9-7-6-8-14(15)17/h6-9,11-13H,10H2,1-5H3,(H2,18,19,20). The second-order valence-electron chi connectivity index (χ2n) is 5.49. The third-order valence-electron chi connectivity index (χ3n) is 3.31. The molecule has 0 spiro atoms. The molecule has 0 amide bonds. The molecule has 0 radical (unpaired) electrons. The van der Waals surface area contributed by atoms with E-state index in [-0.39, 0.29) is 17.7 Å². The van der Waals surface area contributed by atoms with Crippen LogP contribution in [0.25, 0.3) is 0 Å². The molecule has 0 aliphatic carbocycles. The van der Waals surface area contributed by atoms with Gasteiger partial charge in [-0.15, -0.1) is 0 Å². The predicted octanol–water partition coefficient (Wildman–Crippen LogP) is 2.80. The quantitative estimate of drug-likeness (QED) is 0.626. The molecule has 0 aliphatic heterocycles. The van der Waals surface area contributed by atoms with Gasteiger partial charge in [0.2, 0.25) is 0 Å². The zero-order chi connectivity index (χ0) is 15.8. The molecule has 5 heteroatoms. The van der Waals surface area contributed by atoms with Crippen LogP contribution < -0.4 is 15.4 Å². The minimum Gasteiger partial charge on any atom is -0.486 e. The fourth-order valence-corrected chi connectivity index (χ4v) is 1.62. The van der Waals surface area contributed by atoms with Gasteiger partial charge in [-0.3, -0.25) is 4.99 Å². The van der Waals surface area contributed by atoms with Crippen molar-refractivity contribution < 1.29 is 9.13 Å². The third kappa shape index (κ3) is 6.02. The zero-order valence-corrected chi connectivity index (χ0v) is 13.5. The Bertz CT molecular complexity index is 463. The second kappa shape index (κ2) is 8.49. The molecule has 0 fully saturated rings. The van der Waals surface area contributed by atoms with Crippen LogP contribution in [-0.4, -0.2) is 31.7 Å². The van der Waals surface area contributed by atoms with E-state index in [1.54, 1.807) is 25.2 Å². The molecule has 0 aromatic heterocycles. The van der Waals surface area contributed by atoms with Gasteiger partial charge in [0.15, 0.2) is 17.5 Å². The molecule has 4 nitrogen and oxygen atoms in total. The van der Waals surface area contributed by atoms with E-state index in [0.717, 1.165) is 5.96 Å². The summed E-state index contributed by atoms with van der Waals surface area (Å²) in [6.07, 6.45) is -0.171. The summed E-state index contributed by atoms with van der Waals surface area (Å²) in [4.78, 5) is 4.17. The summed E-state index contributed by atoms with van der Waals surface area (Å²) >= 11 is 0. The minimum atomic E-state index is -0.347. The van der Waals surface area contributed by atoms with Crippen LogP contribution in [0, 0.1) is 11.7 Å². The maximum absolute atomic E-state index is 13.5. The van der Waals surface area contributed by atoms with Crippen molar-refractivity contribution in [2.45, 2.75) is 39.8 Å². The second-order valence-corrected chi connectivity index (χ2v) is 5.49. The van der Waals surface area contributed by atoms with Crippen molar-refractivity contribution >= 4 is 5.96 Å². The van der Waals surface area contributed by atoms with Gasteiger partial charge >= 0.3 is 0 Å². The van der Waals surface area contributed by atoms with Crippen LogP contribution in [0.2, 0.25) is 0 Å². The number of guanidine groups is 1. The molecule has 0 heterocycles. The smallest absolute Gasteiger partial charge is 0.191 e. The van der Waals surface area contributed by atoms with E-state index in [0.29, 0.717) is 18.5 Å². The highest BCUT2D eigenvalue weighted by atomic mass is 19.1. The summed E-state index contributed by atoms with van der Waals surface area (Å²) in [5, 5.41) is 6.49. The van der Waals surface area contributed by atoms with Crippen LogP contribution in [-0.2, 0) is 0 Å². The van der Waals surface area contributed by atoms with E-state index in [4.69, 9.17) is 4.74 Å². The van der Waals surface area contributed by atoms with Gasteiger partial charge in [0.1, 0.15) is 6.10 Å². The lowest BCUT2D eigenvalue weighted by Crippen LogP contribution is -2.46. The van der Waals surface area contributed by atoms with Gasteiger partial charge in [-0.2, -0.15) is 0 Å². The summed E-state index contributed by atoms with van der Waals surface area (Å²) in [7, 11) is 1.73. The van der Waals surface area contributed by atoms with Gasteiger partial charge in [0.25, 0.3) is 0 Å². The molecule has 0 saturated carbocycles. The first-order valence-corrected chi connectivity index (χ1v) is 7.32. The van der Waals surface area contributed by atoms with Crippen molar-refractivity contribution in [3.8, 4) is 5.75 Å². The van der Waals surface area contributed by atoms with E-state index in [9.17, 15) is 4.39 Å². The molecular formula is C16H26FN3O. The minimum absolute atomic E-state index is 0.171. The Morgan fingerprint density at radius 2 is 1.90 bits per heavy atom. The largest absolute Gasteiger partial charge is 0.486 e. The molecule has 2 atom stereocenters. The number of ether oxygens (including phenoxy) is 1. The number of hydrogen-bond donors (Lipinski definition) is 2. The number of nitrogens with one attached hydrogen (secondary N) is 2. The first-order chi connectivity index (χ1) is 9.93. The SMILES string of the molecule is CN=C(NCC(C)Oc1ccccc1F)NC(C)C(C)C. The number of para-hydroxylation sites is 1. The third-order valence-corrected chi connectivity index (χ3v) is 3.31. The number of aliphatic imine (C=N–C) groups is 1. The van der Waals surface area contributed by atoms with E-state index < -0.39 is 0 Å². The maximum atomic E-state index is 13.5. The Labute approximate surface area is 126 Å². The monoisotopic (exact) mass is 295 g/mol. The summed E-state index contributed by atoms with van der Waals surface area (Å²) in [5.74, 6) is 1.15. The summed E-state index contributed by atoms with van der Waals surface area (Å²) in [6.45, 7) is 8.83. The molecule has 1 rings (SSSR count). The highest BCUT2D eigenvalue weighted by molar-refractivity contribution is 5.79. The van der Waals surface area contributed by atoms with Gasteiger partial charge in [-0.05, 0) is 31.9 Å². The summed E-state index contributed by atoms with van der Waals surface area (Å²) < 4.78 is 19.1. The molecule has 0 bridgehead atoms. The van der Waals surface area contributed by atoms with Crippen molar-refractivity contribution in [1.29, 1.82) is 0 Å². The molecule has 1 aromatic rings. The van der Waals surface area contributed by atoms with Crippen molar-refractivity contribution in [1.82, 2.24) is 10.6 Å². The van der Waals surface area contributed by atoms with Crippen molar-refractivity contribution in [2.24, 2.45) is 10.9 Å². The molecule has 0 aliphatic rings. The molecule has 118 valence electrons. The normalized spacial score (nSPS) is 14.7. The lowest BCUT2D eigenvalue weighted by atomic mass is 10.1. The first-order valence-electron chi connectivity index (χ1n) is 7.32. The van der Waals surface area contributed by atoms with Gasteiger partial charge < -0.3 is 15.4 Å². The lowest BCUT2D eigenvalue weighted by Gasteiger charge is -2.22. The molecule has 2 unspecified atom stereocenters. The Morgan fingerprint density at radius 1 is 1.24 bits per heavy atom. The van der Waals surface area contributed by atoms with Crippen molar-refractivity contribution in [3.63, 3.8) is 0 Å². The van der Waals surface area contributed by atoms with Gasteiger partial charge in [-0.1, -0.05) is 26.0 Å². The number of rotatable bonds is 6. The summed E-state index contributed by atoms with van der Waals surface area (Å²) in [5.41, 5.74) is 0. The van der Waals surface area contributed by atoms with Crippen LogP contribution in [0.4, 0.5) is 4.39 Å². The van der Waals surface area contributed by atoms with Crippen LogP contribution >= 0.6 is 0 Å². The fraction of sp³-hybridized carbons (Fsp3) is 0.562. The van der Waals surface area contributed by atoms with Crippen molar-refractivity contribution in [3.05, 3.63) is 30.1 Å². The van der Waals surface area contributed by atoms with E-state index in [1.165, 1.54) is 6.07 Å². The highest BCUT2D eigenvalue weighted by Gasteiger charge is 2.11. The number of benzene rings is 1. The molecule has 0 saturated heterocycles. The topological polar surface area (TPSA) is 45.7 Å². The Morgan fingerprint density at radius 3 is 2.48 bits per heavy atom. The Kier molecular flexibility index (Phi) is 6.99. The Hall–Kier alpha value is -1.78. The van der Waals surface area contributed by atoms with Gasteiger partial charge in [-0.25, -0.2) is 4.39 Å². The lowest BCUT2D eigenvalue weighted by molar-refractivity contribution is 0.214. The zero-order valence-electron chi connectivity index (χ0n) is 13.5. The average molecular weight is 295 g/mol. The Balaban J connectivity index is 2.44. The van der Waals surface area contributed by atoms with Crippen LogP contribution in [0.3, 0.4) is 0 Å². The summed E-state index contributed by atoms with van der Waals surface area (Å²) in [6, 6.07) is 6.73. The maximum Gasteiger partial charge on any atom is 0.191 e. The molecule has 21 heavy (non-hydrogen) atoms. The van der Waals surface area contributed by atoms with Crippen LogP contribution in [0.1, 0.15) is 27.7 Å². The van der Waals surface area contributed by atoms with E-state index >= 15 is 0 Å². The number of halogens is 1. The highest BCUT2D eigenvalue weighted by Crippen LogP contribution is 2.16. The van der Waals surface area contributed by atoms with E-state index in [2.05, 4.69) is 36.4 Å². The number of hydrogen-bond acceptors (Lipinski definition) is 2. The predicted molar refractivity (Wildman–Crippen MR) is 85.3 cm³/mol. The number of nitrogens with zero attached hydrogens (tertiary/aromatic N) is 1. The van der Waals surface area contributed by atoms with Gasteiger partial charge in [0, 0.05) is 13.1 Å². The molecule has 1 aromatic carbocycles. The first kappa shape index (κ1) is 17.3. The molecular weight excluding hydrogens is 269 g/mol. The van der Waals surface area contributed by atoms with Crippen LogP contribution in [0.5, 0.6) is 5.75 Å². The average Bonchev–Trinajstić information content (AvgIpc) is 2.45.